The van der Waals surface area contributed by atoms with E-state index in [1.165, 1.54) is 0 Å². The van der Waals surface area contributed by atoms with Crippen molar-refractivity contribution < 1.29 is 14.0 Å². The van der Waals surface area contributed by atoms with E-state index in [0.717, 1.165) is 15.7 Å². The fraction of sp³-hybridized carbons (Fsp3) is 0.500. The maximum atomic E-state index is 12.4. The van der Waals surface area contributed by atoms with E-state index in [2.05, 4.69) is 54.9 Å². The van der Waals surface area contributed by atoms with Crippen LogP contribution in [0.15, 0.2) is 34.8 Å². The van der Waals surface area contributed by atoms with Gasteiger partial charge in [0, 0.05) is 4.47 Å². The Kier molecular flexibility index (Phi) is 7.05. The van der Waals surface area contributed by atoms with E-state index in [1.54, 1.807) is 17.7 Å². The molecule has 0 saturated carbocycles. The summed E-state index contributed by atoms with van der Waals surface area (Å²) in [7, 11) is -1.89. The number of hydrogen-bond donors (Lipinski definition) is 0. The van der Waals surface area contributed by atoms with E-state index >= 15 is 0 Å². The number of benzene rings is 1. The summed E-state index contributed by atoms with van der Waals surface area (Å²) in [5, 5.41) is 4.74. The number of halogens is 1. The fourth-order valence-corrected chi connectivity index (χ4v) is 3.70. The maximum absolute atomic E-state index is 12.4. The minimum atomic E-state index is -1.89. The third-order valence-electron chi connectivity index (χ3n) is 4.92. The molecule has 1 aromatic carbocycles. The molecule has 2 aromatic rings. The molecule has 0 aliphatic rings. The lowest BCUT2D eigenvalue weighted by Crippen LogP contribution is -2.40. The fourth-order valence-electron chi connectivity index (χ4n) is 2.31. The lowest BCUT2D eigenvalue weighted by Gasteiger charge is -2.35. The molecule has 0 aliphatic heterocycles. The highest BCUT2D eigenvalue weighted by Crippen LogP contribution is 2.37. The number of rotatable bonds is 7. The number of carbonyl (C=O) groups is 1. The van der Waals surface area contributed by atoms with E-state index in [0.29, 0.717) is 25.5 Å². The van der Waals surface area contributed by atoms with Gasteiger partial charge in [0.1, 0.15) is 5.69 Å². The first-order valence-electron chi connectivity index (χ1n) is 9.16. The van der Waals surface area contributed by atoms with Crippen molar-refractivity contribution in [2.45, 2.75) is 59.0 Å². The van der Waals surface area contributed by atoms with Gasteiger partial charge in [0.25, 0.3) is 0 Å². The zero-order valence-electron chi connectivity index (χ0n) is 17.0. The Hall–Kier alpha value is -1.44. The zero-order valence-corrected chi connectivity index (χ0v) is 19.6. The summed E-state index contributed by atoms with van der Waals surface area (Å²) in [5.74, 6) is -0.362. The van der Waals surface area contributed by atoms with E-state index in [1.807, 2.05) is 24.3 Å². The zero-order chi connectivity index (χ0) is 20.2. The minimum Gasteiger partial charge on any atom is -0.461 e. The normalized spacial score (nSPS) is 12.3. The summed E-state index contributed by atoms with van der Waals surface area (Å²) in [4.78, 5) is 12.4. The van der Waals surface area contributed by atoms with E-state index in [4.69, 9.17) is 9.16 Å². The van der Waals surface area contributed by atoms with Gasteiger partial charge in [-0.15, -0.1) is 0 Å². The van der Waals surface area contributed by atoms with Gasteiger partial charge in [-0.2, -0.15) is 5.10 Å². The maximum Gasteiger partial charge on any atom is 0.356 e. The van der Waals surface area contributed by atoms with Crippen molar-refractivity contribution in [3.8, 4) is 0 Å². The van der Waals surface area contributed by atoms with Crippen LogP contribution in [0.3, 0.4) is 0 Å². The summed E-state index contributed by atoms with van der Waals surface area (Å²) >= 11 is 3.48. The van der Waals surface area contributed by atoms with E-state index in [9.17, 15) is 4.79 Å². The molecule has 0 N–H and O–H groups in total. The second-order valence-corrected chi connectivity index (χ2v) is 13.8. The monoisotopic (exact) mass is 452 g/mol. The molecule has 27 heavy (non-hydrogen) atoms. The predicted molar refractivity (Wildman–Crippen MR) is 113 cm³/mol. The molecule has 2 rings (SSSR count). The van der Waals surface area contributed by atoms with Crippen LogP contribution in [0.25, 0.3) is 0 Å². The van der Waals surface area contributed by atoms with Crippen molar-refractivity contribution in [2.24, 2.45) is 0 Å². The Bertz CT molecular complexity index is 797. The molecule has 148 valence electrons. The lowest BCUT2D eigenvalue weighted by atomic mass is 10.2. The second-order valence-electron chi connectivity index (χ2n) is 8.08. The predicted octanol–water partition coefficient (Wildman–Crippen LogP) is 5.39. The Balaban J connectivity index is 2.25. The van der Waals surface area contributed by atoms with Gasteiger partial charge in [-0.3, -0.25) is 4.68 Å². The summed E-state index contributed by atoms with van der Waals surface area (Å²) in [6.45, 7) is 14.0. The third-order valence-corrected chi connectivity index (χ3v) is 9.90. The smallest absolute Gasteiger partial charge is 0.356 e. The topological polar surface area (TPSA) is 53.4 Å². The summed E-state index contributed by atoms with van der Waals surface area (Å²) in [6, 6.07) is 9.74. The van der Waals surface area contributed by atoms with Gasteiger partial charge < -0.3 is 9.16 Å². The molecular formula is C20H29BrN2O3Si. The average molecular weight is 453 g/mol. The molecule has 1 aromatic heterocycles. The first-order valence-corrected chi connectivity index (χ1v) is 12.9. The molecule has 0 radical (unpaired) electrons. The van der Waals surface area contributed by atoms with E-state index < -0.39 is 8.32 Å². The largest absolute Gasteiger partial charge is 0.461 e. The molecular weight excluding hydrogens is 424 g/mol. The number of hydrogen-bond acceptors (Lipinski definition) is 4. The van der Waals surface area contributed by atoms with Crippen molar-refractivity contribution >= 4 is 30.2 Å². The number of carbonyl (C=O) groups excluding carboxylic acids is 1. The van der Waals surface area contributed by atoms with Crippen LogP contribution in [0.2, 0.25) is 18.1 Å². The summed E-state index contributed by atoms with van der Waals surface area (Å²) in [6.07, 6.45) is 0. The number of esters is 1. The van der Waals surface area contributed by atoms with Crippen LogP contribution < -0.4 is 0 Å². The number of nitrogens with zero attached hydrogens (tertiary/aromatic N) is 2. The standard InChI is InChI=1S/C20H29BrN2O3Si/c1-7-25-19(24)18-12-17(14-26-27(5,6)20(2,3)4)22-23(18)13-15-9-8-10-16(21)11-15/h8-12H,7,13-14H2,1-6H3. The molecule has 0 bridgehead atoms. The molecule has 0 amide bonds. The van der Waals surface area contributed by atoms with Crippen LogP contribution in [0, 0.1) is 0 Å². The number of ether oxygens (including phenoxy) is 1. The Labute approximate surface area is 171 Å². The van der Waals surface area contributed by atoms with Crippen LogP contribution >= 0.6 is 15.9 Å². The van der Waals surface area contributed by atoms with Crippen molar-refractivity contribution in [2.75, 3.05) is 6.61 Å². The van der Waals surface area contributed by atoms with Gasteiger partial charge >= 0.3 is 5.97 Å². The van der Waals surface area contributed by atoms with E-state index in [-0.39, 0.29) is 11.0 Å². The first-order chi connectivity index (χ1) is 12.5. The Morgan fingerprint density at radius 3 is 2.56 bits per heavy atom. The van der Waals surface area contributed by atoms with Crippen LogP contribution in [-0.2, 0) is 22.3 Å². The van der Waals surface area contributed by atoms with Crippen LogP contribution in [0.4, 0.5) is 0 Å². The highest BCUT2D eigenvalue weighted by Gasteiger charge is 2.37. The molecule has 0 atom stereocenters. The molecule has 0 saturated heterocycles. The van der Waals surface area contributed by atoms with Gasteiger partial charge in [0.2, 0.25) is 0 Å². The molecule has 5 nitrogen and oxygen atoms in total. The van der Waals surface area contributed by atoms with Crippen molar-refractivity contribution in [1.29, 1.82) is 0 Å². The van der Waals surface area contributed by atoms with Gasteiger partial charge in [0.05, 0.1) is 25.5 Å². The highest BCUT2D eigenvalue weighted by molar-refractivity contribution is 9.10. The molecule has 0 fully saturated rings. The molecule has 7 heteroatoms. The molecule has 0 aliphatic carbocycles. The molecule has 0 unspecified atom stereocenters. The third kappa shape index (κ3) is 5.76. The van der Waals surface area contributed by atoms with Crippen molar-refractivity contribution in [3.05, 3.63) is 51.8 Å². The van der Waals surface area contributed by atoms with Crippen LogP contribution in [-0.4, -0.2) is 30.7 Å². The van der Waals surface area contributed by atoms with Gasteiger partial charge in [0.15, 0.2) is 8.32 Å². The van der Waals surface area contributed by atoms with Crippen LogP contribution in [0.1, 0.15) is 49.4 Å². The van der Waals surface area contributed by atoms with Gasteiger partial charge in [-0.1, -0.05) is 48.8 Å². The SMILES string of the molecule is CCOC(=O)c1cc(CO[Si](C)(C)C(C)(C)C)nn1Cc1cccc(Br)c1. The Morgan fingerprint density at radius 2 is 1.96 bits per heavy atom. The minimum absolute atomic E-state index is 0.121. The van der Waals surface area contributed by atoms with Crippen molar-refractivity contribution in [1.82, 2.24) is 9.78 Å². The average Bonchev–Trinajstić information content (AvgIpc) is 2.95. The van der Waals surface area contributed by atoms with Gasteiger partial charge in [-0.05, 0) is 48.8 Å². The van der Waals surface area contributed by atoms with Gasteiger partial charge in [-0.25, -0.2) is 4.79 Å². The number of aromatic nitrogens is 2. The second kappa shape index (κ2) is 8.71. The summed E-state index contributed by atoms with van der Waals surface area (Å²) < 4.78 is 14.2. The quantitative estimate of drug-likeness (QED) is 0.417. The molecule has 0 spiro atoms. The lowest BCUT2D eigenvalue weighted by molar-refractivity contribution is 0.0512. The summed E-state index contributed by atoms with van der Waals surface area (Å²) in [5.41, 5.74) is 2.25. The highest BCUT2D eigenvalue weighted by atomic mass is 79.9. The Morgan fingerprint density at radius 1 is 1.26 bits per heavy atom. The molecule has 1 heterocycles. The first kappa shape index (κ1) is 21.9. The van der Waals surface area contributed by atoms with Crippen LogP contribution in [0.5, 0.6) is 0 Å². The van der Waals surface area contributed by atoms with Crippen molar-refractivity contribution in [3.63, 3.8) is 0 Å².